The number of benzene rings is 1. The first-order valence-electron chi connectivity index (χ1n) is 7.10. The summed E-state index contributed by atoms with van der Waals surface area (Å²) in [5.74, 6) is 0.483. The first-order valence-corrected chi connectivity index (χ1v) is 7.89. The number of hydrogen-bond acceptors (Lipinski definition) is 3. The van der Waals surface area contributed by atoms with Gasteiger partial charge in [-0.2, -0.15) is 0 Å². The molecule has 0 aliphatic carbocycles. The van der Waals surface area contributed by atoms with Gasteiger partial charge in [-0.1, -0.05) is 6.07 Å². The lowest BCUT2D eigenvalue weighted by Gasteiger charge is -2.08. The highest BCUT2D eigenvalue weighted by atomic mass is 79.9. The van der Waals surface area contributed by atoms with Crippen molar-refractivity contribution >= 4 is 33.2 Å². The number of methoxy groups -OCH3 is 1. The van der Waals surface area contributed by atoms with Gasteiger partial charge in [0.25, 0.3) is 5.91 Å². The smallest absolute Gasteiger partial charge is 0.274 e. The van der Waals surface area contributed by atoms with Crippen molar-refractivity contribution in [1.82, 2.24) is 9.38 Å². The minimum absolute atomic E-state index is 0.208. The Morgan fingerprint density at radius 2 is 2.09 bits per heavy atom. The van der Waals surface area contributed by atoms with Crippen LogP contribution in [0.1, 0.15) is 21.7 Å². The number of aryl methyl sites for hydroxylation is 2. The summed E-state index contributed by atoms with van der Waals surface area (Å²) >= 11 is 3.46. The Morgan fingerprint density at radius 1 is 1.30 bits per heavy atom. The zero-order valence-electron chi connectivity index (χ0n) is 13.1. The average molecular weight is 374 g/mol. The molecule has 0 bridgehead atoms. The van der Waals surface area contributed by atoms with Crippen molar-refractivity contribution in [3.05, 3.63) is 58.0 Å². The van der Waals surface area contributed by atoms with Crippen molar-refractivity contribution in [2.24, 2.45) is 0 Å². The summed E-state index contributed by atoms with van der Waals surface area (Å²) in [7, 11) is 1.59. The van der Waals surface area contributed by atoms with Gasteiger partial charge in [0.2, 0.25) is 0 Å². The molecule has 23 heavy (non-hydrogen) atoms. The van der Waals surface area contributed by atoms with Crippen LogP contribution in [0.2, 0.25) is 0 Å². The standard InChI is InChI=1S/C17H16BrN3O2/c1-10-7-12(18)9-21-15(11(2)19-16(10)21)17(22)20-13-5-4-6-14(8-13)23-3/h4-9H,1-3H3,(H,20,22). The molecule has 0 atom stereocenters. The lowest BCUT2D eigenvalue weighted by molar-refractivity contribution is 0.102. The predicted octanol–water partition coefficient (Wildman–Crippen LogP) is 3.97. The number of ether oxygens (including phenoxy) is 1. The Morgan fingerprint density at radius 3 is 2.83 bits per heavy atom. The maximum absolute atomic E-state index is 12.7. The largest absolute Gasteiger partial charge is 0.497 e. The highest BCUT2D eigenvalue weighted by Crippen LogP contribution is 2.22. The number of fused-ring (bicyclic) bond motifs is 1. The summed E-state index contributed by atoms with van der Waals surface area (Å²) in [5, 5.41) is 2.90. The van der Waals surface area contributed by atoms with Crippen molar-refractivity contribution in [3.8, 4) is 5.75 Å². The van der Waals surface area contributed by atoms with Gasteiger partial charge in [-0.05, 0) is 53.5 Å². The number of aromatic nitrogens is 2. The monoisotopic (exact) mass is 373 g/mol. The minimum atomic E-state index is -0.208. The molecular formula is C17H16BrN3O2. The third-order valence-corrected chi connectivity index (χ3v) is 4.02. The minimum Gasteiger partial charge on any atom is -0.497 e. The molecule has 1 amide bonds. The van der Waals surface area contributed by atoms with Crippen molar-refractivity contribution in [2.45, 2.75) is 13.8 Å². The lowest BCUT2D eigenvalue weighted by atomic mass is 10.2. The van der Waals surface area contributed by atoms with E-state index in [1.165, 1.54) is 0 Å². The topological polar surface area (TPSA) is 55.6 Å². The average Bonchev–Trinajstić information content (AvgIpc) is 2.84. The highest BCUT2D eigenvalue weighted by molar-refractivity contribution is 9.10. The van der Waals surface area contributed by atoms with E-state index in [1.807, 2.05) is 48.7 Å². The second kappa shape index (κ2) is 6.04. The number of imidazole rings is 1. The molecule has 0 aliphatic rings. The number of nitrogens with one attached hydrogen (secondary N) is 1. The Balaban J connectivity index is 2.02. The van der Waals surface area contributed by atoms with Gasteiger partial charge in [0.05, 0.1) is 12.8 Å². The summed E-state index contributed by atoms with van der Waals surface area (Å²) < 4.78 is 7.89. The highest BCUT2D eigenvalue weighted by Gasteiger charge is 2.18. The number of hydrogen-bond donors (Lipinski definition) is 1. The molecule has 6 heteroatoms. The summed E-state index contributed by atoms with van der Waals surface area (Å²) in [6.45, 7) is 3.80. The molecule has 3 rings (SSSR count). The van der Waals surface area contributed by atoms with E-state index in [-0.39, 0.29) is 5.91 Å². The first-order chi connectivity index (χ1) is 11.0. The van der Waals surface area contributed by atoms with Gasteiger partial charge in [-0.3, -0.25) is 9.20 Å². The summed E-state index contributed by atoms with van der Waals surface area (Å²) in [5.41, 5.74) is 3.67. The third-order valence-electron chi connectivity index (χ3n) is 3.59. The van der Waals surface area contributed by atoms with Gasteiger partial charge in [-0.15, -0.1) is 0 Å². The Kier molecular flexibility index (Phi) is 4.09. The number of nitrogens with zero attached hydrogens (tertiary/aromatic N) is 2. The summed E-state index contributed by atoms with van der Waals surface area (Å²) in [4.78, 5) is 17.2. The molecular weight excluding hydrogens is 358 g/mol. The summed E-state index contributed by atoms with van der Waals surface area (Å²) in [6, 6.07) is 9.23. The van der Waals surface area contributed by atoms with Crippen LogP contribution in [0.15, 0.2) is 41.0 Å². The molecule has 1 N–H and O–H groups in total. The van der Waals surface area contributed by atoms with Gasteiger partial charge < -0.3 is 10.1 Å². The normalized spacial score (nSPS) is 10.8. The van der Waals surface area contributed by atoms with Crippen LogP contribution in [0.25, 0.3) is 5.65 Å². The van der Waals surface area contributed by atoms with Gasteiger partial charge in [0, 0.05) is 22.4 Å². The lowest BCUT2D eigenvalue weighted by Crippen LogP contribution is -2.15. The molecule has 5 nitrogen and oxygen atoms in total. The van der Waals surface area contributed by atoms with E-state index in [1.54, 1.807) is 13.2 Å². The number of carbonyl (C=O) groups is 1. The van der Waals surface area contributed by atoms with Crippen molar-refractivity contribution in [2.75, 3.05) is 12.4 Å². The molecule has 118 valence electrons. The number of rotatable bonds is 3. The molecule has 2 heterocycles. The molecule has 0 radical (unpaired) electrons. The van der Waals surface area contributed by atoms with Crippen LogP contribution in [0.4, 0.5) is 5.69 Å². The van der Waals surface area contributed by atoms with Gasteiger partial charge in [0.15, 0.2) is 0 Å². The van der Waals surface area contributed by atoms with Crippen LogP contribution in [0.5, 0.6) is 5.75 Å². The molecule has 3 aromatic rings. The number of carbonyl (C=O) groups excluding carboxylic acids is 1. The van der Waals surface area contributed by atoms with E-state index in [0.717, 1.165) is 15.7 Å². The molecule has 1 aromatic carbocycles. The van der Waals surface area contributed by atoms with Crippen LogP contribution in [0.3, 0.4) is 0 Å². The number of halogens is 1. The van der Waals surface area contributed by atoms with Crippen LogP contribution in [-0.4, -0.2) is 22.4 Å². The Hall–Kier alpha value is -2.34. The quantitative estimate of drug-likeness (QED) is 0.755. The maximum atomic E-state index is 12.7. The number of amides is 1. The molecule has 0 fully saturated rings. The van der Waals surface area contributed by atoms with E-state index in [2.05, 4.69) is 26.2 Å². The molecule has 0 unspecified atom stereocenters. The van der Waals surface area contributed by atoms with E-state index in [4.69, 9.17) is 4.74 Å². The van der Waals surface area contributed by atoms with Crippen LogP contribution >= 0.6 is 15.9 Å². The van der Waals surface area contributed by atoms with Gasteiger partial charge in [-0.25, -0.2) is 4.98 Å². The van der Waals surface area contributed by atoms with Crippen molar-refractivity contribution < 1.29 is 9.53 Å². The van der Waals surface area contributed by atoms with Crippen molar-refractivity contribution in [1.29, 1.82) is 0 Å². The fourth-order valence-electron chi connectivity index (χ4n) is 2.55. The van der Waals surface area contributed by atoms with Crippen LogP contribution < -0.4 is 10.1 Å². The van der Waals surface area contributed by atoms with Gasteiger partial charge >= 0.3 is 0 Å². The van der Waals surface area contributed by atoms with E-state index >= 15 is 0 Å². The number of pyridine rings is 1. The first kappa shape index (κ1) is 15.6. The SMILES string of the molecule is COc1cccc(NC(=O)c2c(C)nc3c(C)cc(Br)cn23)c1. The maximum Gasteiger partial charge on any atom is 0.274 e. The Labute approximate surface area is 142 Å². The molecule has 2 aromatic heterocycles. The van der Waals surface area contributed by atoms with Crippen LogP contribution in [0, 0.1) is 13.8 Å². The zero-order chi connectivity index (χ0) is 16.6. The fourth-order valence-corrected chi connectivity index (χ4v) is 3.09. The predicted molar refractivity (Wildman–Crippen MR) is 93.3 cm³/mol. The molecule has 0 saturated heterocycles. The Bertz CT molecular complexity index is 902. The third kappa shape index (κ3) is 2.94. The second-order valence-corrected chi connectivity index (χ2v) is 6.18. The molecule has 0 saturated carbocycles. The van der Waals surface area contributed by atoms with Crippen molar-refractivity contribution in [3.63, 3.8) is 0 Å². The zero-order valence-corrected chi connectivity index (χ0v) is 14.6. The fraction of sp³-hybridized carbons (Fsp3) is 0.176. The van der Waals surface area contributed by atoms with E-state index in [9.17, 15) is 4.79 Å². The summed E-state index contributed by atoms with van der Waals surface area (Å²) in [6.07, 6.45) is 1.85. The van der Waals surface area contributed by atoms with Crippen LogP contribution in [-0.2, 0) is 0 Å². The number of anilines is 1. The second-order valence-electron chi connectivity index (χ2n) is 5.27. The van der Waals surface area contributed by atoms with Gasteiger partial charge in [0.1, 0.15) is 17.1 Å². The van der Waals surface area contributed by atoms with E-state index < -0.39 is 0 Å². The van der Waals surface area contributed by atoms with E-state index in [0.29, 0.717) is 22.8 Å². The molecule has 0 spiro atoms. The molecule has 0 aliphatic heterocycles.